The van der Waals surface area contributed by atoms with E-state index in [1.807, 2.05) is 0 Å². The van der Waals surface area contributed by atoms with Gasteiger partial charge in [0.2, 0.25) is 0 Å². The highest BCUT2D eigenvalue weighted by Crippen LogP contribution is 2.56. The minimum Gasteiger partial charge on any atom is -0.353 e. The van der Waals surface area contributed by atoms with Gasteiger partial charge in [-0.15, -0.1) is 0 Å². The Balaban J connectivity index is 1.67. The first-order valence-corrected chi connectivity index (χ1v) is 11.8. The van der Waals surface area contributed by atoms with E-state index >= 15 is 0 Å². The van der Waals surface area contributed by atoms with Gasteiger partial charge in [0.25, 0.3) is 0 Å². The highest BCUT2D eigenvalue weighted by molar-refractivity contribution is 6.14. The van der Waals surface area contributed by atoms with Gasteiger partial charge in [0.15, 0.2) is 0 Å². The number of hydrogen-bond acceptors (Lipinski definition) is 1. The number of para-hydroxylation sites is 3. The topological polar surface area (TPSA) is 19.0 Å². The van der Waals surface area contributed by atoms with E-state index in [2.05, 4.69) is 138 Å². The standard InChI is InChI=1S/C32H24N2/c1-32(22-12-4-2-5-13-22)26-17-9-11-19-29(26)34(23-14-6-3-7-15-23)31-27(32)21-20-25-24-16-8-10-18-28(24)33-30(25)31/h2-21,33H,1H3. The fourth-order valence-corrected chi connectivity index (χ4v) is 5.82. The number of nitrogens with one attached hydrogen (secondary N) is 1. The molecule has 2 heterocycles. The molecule has 5 aromatic carbocycles. The van der Waals surface area contributed by atoms with E-state index < -0.39 is 0 Å². The van der Waals surface area contributed by atoms with Gasteiger partial charge in [-0.25, -0.2) is 0 Å². The van der Waals surface area contributed by atoms with Crippen LogP contribution in [0.5, 0.6) is 0 Å². The number of anilines is 3. The zero-order chi connectivity index (χ0) is 22.7. The van der Waals surface area contributed by atoms with Crippen LogP contribution in [0.2, 0.25) is 0 Å². The number of rotatable bonds is 2. The second-order valence-electron chi connectivity index (χ2n) is 9.23. The summed E-state index contributed by atoms with van der Waals surface area (Å²) in [6, 6.07) is 43.7. The maximum atomic E-state index is 3.78. The van der Waals surface area contributed by atoms with Crippen LogP contribution in [0.25, 0.3) is 21.8 Å². The molecule has 0 saturated carbocycles. The lowest BCUT2D eigenvalue weighted by Crippen LogP contribution is -2.34. The van der Waals surface area contributed by atoms with Gasteiger partial charge in [-0.1, -0.05) is 97.1 Å². The summed E-state index contributed by atoms with van der Waals surface area (Å²) in [5.74, 6) is 0. The fraction of sp³-hybridized carbons (Fsp3) is 0.0625. The third kappa shape index (κ3) is 2.51. The van der Waals surface area contributed by atoms with E-state index in [-0.39, 0.29) is 5.41 Å². The molecule has 0 bridgehead atoms. The van der Waals surface area contributed by atoms with Gasteiger partial charge in [-0.05, 0) is 47.9 Å². The van der Waals surface area contributed by atoms with Crippen molar-refractivity contribution in [3.05, 3.63) is 138 Å². The van der Waals surface area contributed by atoms with E-state index in [1.54, 1.807) is 0 Å². The highest BCUT2D eigenvalue weighted by Gasteiger charge is 2.42. The first-order valence-electron chi connectivity index (χ1n) is 11.8. The average molecular weight is 437 g/mol. The van der Waals surface area contributed by atoms with Crippen LogP contribution in [0, 0.1) is 0 Å². The Morgan fingerprint density at radius 2 is 1.26 bits per heavy atom. The maximum absolute atomic E-state index is 3.78. The van der Waals surface area contributed by atoms with Crippen molar-refractivity contribution in [2.75, 3.05) is 4.90 Å². The van der Waals surface area contributed by atoms with Crippen LogP contribution in [0.3, 0.4) is 0 Å². The van der Waals surface area contributed by atoms with E-state index in [1.165, 1.54) is 49.9 Å². The van der Waals surface area contributed by atoms with Crippen molar-refractivity contribution >= 4 is 38.9 Å². The van der Waals surface area contributed by atoms with Gasteiger partial charge in [-0.3, -0.25) is 0 Å². The predicted octanol–water partition coefficient (Wildman–Crippen LogP) is 8.46. The minimum absolute atomic E-state index is 0.288. The third-order valence-corrected chi connectivity index (χ3v) is 7.47. The van der Waals surface area contributed by atoms with Crippen LogP contribution in [0.1, 0.15) is 23.6 Å². The van der Waals surface area contributed by atoms with Crippen LogP contribution in [0.4, 0.5) is 17.1 Å². The summed E-state index contributed by atoms with van der Waals surface area (Å²) in [7, 11) is 0. The SMILES string of the molecule is CC1(c2ccccc2)c2ccccc2N(c2ccccc2)c2c1ccc1c2[nH]c2ccccc21. The lowest BCUT2D eigenvalue weighted by atomic mass is 9.67. The summed E-state index contributed by atoms with van der Waals surface area (Å²) in [6.45, 7) is 2.37. The summed E-state index contributed by atoms with van der Waals surface area (Å²) in [5, 5.41) is 2.51. The van der Waals surface area contributed by atoms with Crippen LogP contribution < -0.4 is 4.90 Å². The Morgan fingerprint density at radius 1 is 0.588 bits per heavy atom. The van der Waals surface area contributed by atoms with Crippen LogP contribution in [-0.2, 0) is 5.41 Å². The zero-order valence-corrected chi connectivity index (χ0v) is 19.0. The number of H-pyrrole nitrogens is 1. The predicted molar refractivity (Wildman–Crippen MR) is 142 cm³/mol. The molecule has 0 amide bonds. The molecule has 34 heavy (non-hydrogen) atoms. The van der Waals surface area contributed by atoms with Gasteiger partial charge in [-0.2, -0.15) is 0 Å². The molecule has 2 nitrogen and oxygen atoms in total. The first kappa shape index (κ1) is 19.2. The molecule has 6 aromatic rings. The van der Waals surface area contributed by atoms with Gasteiger partial charge < -0.3 is 9.88 Å². The van der Waals surface area contributed by atoms with Crippen molar-refractivity contribution in [1.82, 2.24) is 4.98 Å². The number of benzene rings is 5. The highest BCUT2D eigenvalue weighted by atomic mass is 15.2. The summed E-state index contributed by atoms with van der Waals surface area (Å²) < 4.78 is 0. The lowest BCUT2D eigenvalue weighted by Gasteiger charge is -2.44. The summed E-state index contributed by atoms with van der Waals surface area (Å²) >= 11 is 0. The molecule has 1 aliphatic rings. The van der Waals surface area contributed by atoms with Crippen molar-refractivity contribution in [1.29, 1.82) is 0 Å². The van der Waals surface area contributed by atoms with Gasteiger partial charge in [0.05, 0.1) is 16.9 Å². The van der Waals surface area contributed by atoms with Crippen molar-refractivity contribution in [3.8, 4) is 0 Å². The van der Waals surface area contributed by atoms with Crippen LogP contribution >= 0.6 is 0 Å². The summed E-state index contributed by atoms with van der Waals surface area (Å²) in [4.78, 5) is 6.22. The molecule has 0 spiro atoms. The molecule has 2 heteroatoms. The van der Waals surface area contributed by atoms with Crippen molar-refractivity contribution < 1.29 is 0 Å². The smallest absolute Gasteiger partial charge is 0.0747 e. The zero-order valence-electron chi connectivity index (χ0n) is 19.0. The second-order valence-corrected chi connectivity index (χ2v) is 9.23. The molecule has 0 aliphatic carbocycles. The first-order chi connectivity index (χ1) is 16.8. The summed E-state index contributed by atoms with van der Waals surface area (Å²) in [6.07, 6.45) is 0. The lowest BCUT2D eigenvalue weighted by molar-refractivity contribution is 0.682. The number of fused-ring (bicyclic) bond motifs is 6. The van der Waals surface area contributed by atoms with Crippen LogP contribution in [0.15, 0.2) is 121 Å². The Labute approximate surface area is 199 Å². The summed E-state index contributed by atoms with van der Waals surface area (Å²) in [5.41, 5.74) is 9.59. The van der Waals surface area contributed by atoms with E-state index in [0.29, 0.717) is 0 Å². The van der Waals surface area contributed by atoms with Crippen LogP contribution in [-0.4, -0.2) is 4.98 Å². The average Bonchev–Trinajstić information content (AvgIpc) is 3.29. The molecule has 162 valence electrons. The van der Waals surface area contributed by atoms with Gasteiger partial charge in [0, 0.05) is 27.4 Å². The van der Waals surface area contributed by atoms with Crippen molar-refractivity contribution in [3.63, 3.8) is 0 Å². The molecular formula is C32H24N2. The molecule has 0 saturated heterocycles. The quantitative estimate of drug-likeness (QED) is 0.288. The van der Waals surface area contributed by atoms with E-state index in [4.69, 9.17) is 0 Å². The molecule has 1 atom stereocenters. The molecule has 1 aromatic heterocycles. The van der Waals surface area contributed by atoms with E-state index in [0.717, 1.165) is 5.69 Å². The largest absolute Gasteiger partial charge is 0.353 e. The third-order valence-electron chi connectivity index (χ3n) is 7.47. The van der Waals surface area contributed by atoms with Crippen molar-refractivity contribution in [2.45, 2.75) is 12.3 Å². The normalized spacial score (nSPS) is 17.0. The minimum atomic E-state index is -0.288. The fourth-order valence-electron chi connectivity index (χ4n) is 5.82. The molecule has 1 unspecified atom stereocenters. The van der Waals surface area contributed by atoms with E-state index in [9.17, 15) is 0 Å². The molecule has 0 fully saturated rings. The van der Waals surface area contributed by atoms with Crippen molar-refractivity contribution in [2.24, 2.45) is 0 Å². The Hall–Kier alpha value is -4.30. The Morgan fingerprint density at radius 3 is 2.09 bits per heavy atom. The number of aromatic nitrogens is 1. The molecule has 7 rings (SSSR count). The number of hydrogen-bond donors (Lipinski definition) is 1. The van der Waals surface area contributed by atoms with Gasteiger partial charge in [0.1, 0.15) is 0 Å². The Kier molecular flexibility index (Phi) is 4.01. The number of nitrogens with zero attached hydrogens (tertiary/aromatic N) is 1. The molecule has 0 radical (unpaired) electrons. The maximum Gasteiger partial charge on any atom is 0.0747 e. The monoisotopic (exact) mass is 436 g/mol. The molecule has 1 N–H and O–H groups in total. The molecule has 1 aliphatic heterocycles. The van der Waals surface area contributed by atoms with Gasteiger partial charge >= 0.3 is 0 Å². The number of aromatic amines is 1. The molecular weight excluding hydrogens is 412 g/mol. The second kappa shape index (κ2) is 7.10. The Bertz CT molecular complexity index is 1660.